The Morgan fingerprint density at radius 2 is 0.576 bits per heavy atom. The molecule has 3 aromatic carbocycles. The summed E-state index contributed by atoms with van der Waals surface area (Å²) in [5.41, 5.74) is 12.6. The van der Waals surface area contributed by atoms with Crippen molar-refractivity contribution in [3.8, 4) is 0 Å². The molecule has 1 unspecified atom stereocenters. The van der Waals surface area contributed by atoms with Crippen LogP contribution in [0.25, 0.3) is 0 Å². The molecule has 3 aromatic rings. The van der Waals surface area contributed by atoms with E-state index in [-0.39, 0.29) is 40.6 Å². The van der Waals surface area contributed by atoms with Gasteiger partial charge in [0.15, 0.2) is 0 Å². The summed E-state index contributed by atoms with van der Waals surface area (Å²) >= 11 is 2.71. The van der Waals surface area contributed by atoms with Crippen molar-refractivity contribution >= 4 is 23.6 Å². The van der Waals surface area contributed by atoms with Crippen LogP contribution in [-0.4, -0.2) is 8.07 Å². The summed E-state index contributed by atoms with van der Waals surface area (Å²) in [4.78, 5) is 0. The van der Waals surface area contributed by atoms with Crippen molar-refractivity contribution in [2.45, 2.75) is 251 Å². The van der Waals surface area contributed by atoms with E-state index in [1.54, 1.807) is 54.5 Å². The summed E-state index contributed by atoms with van der Waals surface area (Å²) < 4.78 is -0.0992. The number of benzene rings is 3. The van der Waals surface area contributed by atoms with Crippen LogP contribution in [0.15, 0.2) is 77.9 Å². The molecule has 5 heteroatoms. The SMILES string of the molecule is CCCCCCc1cc(CCCCCC)cc([Si](c2cc(CCCCCC)cc(CCCCCC)c2)(c2cc(CCCCCC)cc(CCCCCC)c2)[C]2([Ti+3])C=C(C)C=C2C)c1.[Cl-].[Cl-].[Cl-]. The maximum Gasteiger partial charge on any atom is -1.00 e. The van der Waals surface area contributed by atoms with Crippen LogP contribution in [-0.2, 0) is 59.0 Å². The van der Waals surface area contributed by atoms with E-state index in [2.05, 4.69) is 143 Å². The van der Waals surface area contributed by atoms with Crippen molar-refractivity contribution in [3.05, 3.63) is 111 Å². The normalized spacial score (nSPS) is 14.6. The van der Waals surface area contributed by atoms with Crippen LogP contribution in [0.3, 0.4) is 0 Å². The number of halogens is 3. The monoisotopic (exact) mass is 1010 g/mol. The van der Waals surface area contributed by atoms with Gasteiger partial charge in [-0.05, 0) is 0 Å². The predicted molar refractivity (Wildman–Crippen MR) is 281 cm³/mol. The minimum Gasteiger partial charge on any atom is -1.00 e. The molecule has 0 amide bonds. The Bertz CT molecular complexity index is 1570. The van der Waals surface area contributed by atoms with Gasteiger partial charge in [-0.25, -0.2) is 0 Å². The van der Waals surface area contributed by atoms with Crippen LogP contribution in [0, 0.1) is 0 Å². The molecule has 0 radical (unpaired) electrons. The van der Waals surface area contributed by atoms with Gasteiger partial charge in [0.2, 0.25) is 0 Å². The third-order valence-corrected chi connectivity index (χ3v) is 22.3. The van der Waals surface area contributed by atoms with Crippen molar-refractivity contribution in [1.29, 1.82) is 0 Å². The van der Waals surface area contributed by atoms with E-state index in [9.17, 15) is 0 Å². The number of hydrogen-bond donors (Lipinski definition) is 0. The molecule has 0 saturated heterocycles. The second kappa shape index (κ2) is 35.1. The minimum absolute atomic E-state index is 0. The van der Waals surface area contributed by atoms with Gasteiger partial charge in [-0.3, -0.25) is 0 Å². The van der Waals surface area contributed by atoms with E-state index in [4.69, 9.17) is 0 Å². The third kappa shape index (κ3) is 18.9. The molecule has 0 nitrogen and oxygen atoms in total. The summed E-state index contributed by atoms with van der Waals surface area (Å²) in [6.45, 7) is 19.0. The molecule has 0 aromatic heterocycles. The summed E-state index contributed by atoms with van der Waals surface area (Å²) in [6, 6.07) is 24.8. The standard InChI is InChI=1S/C61H95Si.3ClH.Ti/c1-9-15-21-27-33-52-41-53(34-28-22-16-10-2)45-58(44-52)62(61-40-50(7)39-51(61)8,59-46-54(35-29-23-17-11-3)42-55(47-59)36-30-24-18-12-4)60-48-56(37-31-25-19-13-5)43-57(49-60)38-32-26-20-14-6;;;;/h39-49H,9-38H2,1-8H3;3*1H;/q;;;;+3/p-3. The molecule has 1 atom stereocenters. The second-order valence-corrected chi connectivity index (χ2v) is 26.3. The smallest absolute Gasteiger partial charge is 1.00 e. The van der Waals surface area contributed by atoms with Crippen molar-refractivity contribution in [2.75, 3.05) is 0 Å². The number of hydrogen-bond acceptors (Lipinski definition) is 0. The minimum atomic E-state index is -2.88. The van der Waals surface area contributed by atoms with Crippen molar-refractivity contribution < 1.29 is 57.7 Å². The van der Waals surface area contributed by atoms with E-state index in [0.29, 0.717) is 0 Å². The van der Waals surface area contributed by atoms with Crippen molar-refractivity contribution in [3.63, 3.8) is 0 Å². The fraction of sp³-hybridized carbons (Fsp3) is 0.639. The second-order valence-electron chi connectivity index (χ2n) is 20.3. The molecule has 0 aliphatic heterocycles. The Labute approximate surface area is 440 Å². The summed E-state index contributed by atoms with van der Waals surface area (Å²) in [5, 5.41) is 5.05. The van der Waals surface area contributed by atoms with Gasteiger partial charge < -0.3 is 37.2 Å². The van der Waals surface area contributed by atoms with E-state index < -0.39 is 8.07 Å². The Balaban J connectivity index is 0.00000726. The average molecular weight is 1010 g/mol. The molecule has 0 N–H and O–H groups in total. The number of unbranched alkanes of at least 4 members (excludes halogenated alkanes) is 18. The van der Waals surface area contributed by atoms with E-state index in [1.165, 1.54) is 198 Å². The average Bonchev–Trinajstić information content (AvgIpc) is 3.55. The predicted octanol–water partition coefficient (Wildman–Crippen LogP) is 8.06. The quantitative estimate of drug-likeness (QED) is 0.0323. The van der Waals surface area contributed by atoms with Crippen molar-refractivity contribution in [1.82, 2.24) is 0 Å². The van der Waals surface area contributed by atoms with E-state index in [0.717, 1.165) is 0 Å². The molecule has 0 heterocycles. The molecule has 0 spiro atoms. The van der Waals surface area contributed by atoms with Gasteiger partial charge in [0.05, 0.1) is 0 Å². The first kappa shape index (κ1) is 63.0. The Morgan fingerprint density at radius 3 is 0.758 bits per heavy atom. The third-order valence-electron chi connectivity index (χ3n) is 14.5. The van der Waals surface area contributed by atoms with E-state index >= 15 is 0 Å². The molecule has 368 valence electrons. The van der Waals surface area contributed by atoms with Crippen LogP contribution in [0.4, 0.5) is 0 Å². The van der Waals surface area contributed by atoms with Gasteiger partial charge in [0.1, 0.15) is 0 Å². The molecular formula is C61H95Cl3SiTi. The zero-order valence-corrected chi connectivity index (χ0v) is 48.5. The zero-order valence-electron chi connectivity index (χ0n) is 43.7. The summed E-state index contributed by atoms with van der Waals surface area (Å²) in [7, 11) is -2.88. The van der Waals surface area contributed by atoms with Gasteiger partial charge in [-0.1, -0.05) is 0 Å². The van der Waals surface area contributed by atoms with Gasteiger partial charge >= 0.3 is 407 Å². The van der Waals surface area contributed by atoms with Crippen molar-refractivity contribution in [2.24, 2.45) is 0 Å². The fourth-order valence-corrected chi connectivity index (χ4v) is 19.3. The van der Waals surface area contributed by atoms with Gasteiger partial charge in [0.25, 0.3) is 0 Å². The number of aryl methyl sites for hydroxylation is 6. The maximum atomic E-state index is 2.80. The van der Waals surface area contributed by atoms with Gasteiger partial charge in [-0.15, -0.1) is 0 Å². The fourth-order valence-electron chi connectivity index (χ4n) is 10.9. The molecule has 0 saturated carbocycles. The summed E-state index contributed by atoms with van der Waals surface area (Å²) in [6.07, 6.45) is 44.1. The van der Waals surface area contributed by atoms with E-state index in [1.807, 2.05) is 0 Å². The molecule has 0 bridgehead atoms. The first-order valence-electron chi connectivity index (χ1n) is 27.2. The molecule has 1 aliphatic rings. The Morgan fingerprint density at radius 1 is 0.348 bits per heavy atom. The topological polar surface area (TPSA) is 0 Å². The Kier molecular flexibility index (Phi) is 33.5. The largest absolute Gasteiger partial charge is 1.00 e. The van der Waals surface area contributed by atoms with Crippen LogP contribution in [0.2, 0.25) is 3.34 Å². The first-order valence-corrected chi connectivity index (χ1v) is 30.0. The van der Waals surface area contributed by atoms with Gasteiger partial charge in [-0.2, -0.15) is 0 Å². The van der Waals surface area contributed by atoms with Crippen LogP contribution in [0.1, 0.15) is 243 Å². The maximum absolute atomic E-state index is 2.88. The van der Waals surface area contributed by atoms with Gasteiger partial charge in [0, 0.05) is 0 Å². The van der Waals surface area contributed by atoms with Crippen LogP contribution >= 0.6 is 0 Å². The molecule has 66 heavy (non-hydrogen) atoms. The molecule has 0 fully saturated rings. The summed E-state index contributed by atoms with van der Waals surface area (Å²) in [5.74, 6) is 0. The number of rotatable bonds is 34. The number of allylic oxidation sites excluding steroid dienone is 4. The van der Waals surface area contributed by atoms with Crippen LogP contribution in [0.5, 0.6) is 0 Å². The Hall–Kier alpha value is -1.06. The first-order chi connectivity index (χ1) is 30.7. The van der Waals surface area contributed by atoms with Crippen LogP contribution < -0.4 is 52.8 Å². The molecule has 1 aliphatic carbocycles. The zero-order chi connectivity index (χ0) is 45.3. The molecular weight excluding hydrogens is 915 g/mol. The molecule has 4 rings (SSSR count).